The van der Waals surface area contributed by atoms with E-state index in [0.29, 0.717) is 24.1 Å². The summed E-state index contributed by atoms with van der Waals surface area (Å²) in [7, 11) is 0. The monoisotopic (exact) mass is 316 g/mol. The van der Waals surface area contributed by atoms with Gasteiger partial charge in [-0.2, -0.15) is 9.97 Å². The zero-order chi connectivity index (χ0) is 12.4. The number of nitrogen functional groups attached to an aromatic ring is 1. The molecule has 2 N–H and O–H groups in total. The van der Waals surface area contributed by atoms with Crippen molar-refractivity contribution in [1.82, 2.24) is 15.0 Å². The van der Waals surface area contributed by atoms with Crippen LogP contribution in [0.1, 0.15) is 20.3 Å². The average molecular weight is 317 g/mol. The third kappa shape index (κ3) is 3.04. The van der Waals surface area contributed by atoms with Crippen molar-refractivity contribution in [3.8, 4) is 5.88 Å². The number of ether oxygens (including phenoxy) is 1. The number of anilines is 1. The lowest BCUT2D eigenvalue weighted by Crippen LogP contribution is -2.05. The summed E-state index contributed by atoms with van der Waals surface area (Å²) in [6, 6.07) is 0. The molecule has 7 heteroatoms. The normalized spacial score (nSPS) is 11.3. The van der Waals surface area contributed by atoms with Crippen molar-refractivity contribution in [2.24, 2.45) is 5.92 Å². The molecule has 0 fully saturated rings. The second-order valence-electron chi connectivity index (χ2n) is 4.04. The van der Waals surface area contributed by atoms with E-state index in [2.05, 4.69) is 44.7 Å². The van der Waals surface area contributed by atoms with Crippen molar-refractivity contribution in [2.75, 3.05) is 12.3 Å². The first-order chi connectivity index (χ1) is 8.06. The number of rotatable bonds is 4. The Morgan fingerprint density at radius 3 is 2.82 bits per heavy atom. The third-order valence-electron chi connectivity index (χ3n) is 2.15. The summed E-state index contributed by atoms with van der Waals surface area (Å²) < 4.78 is 7.22. The highest BCUT2D eigenvalue weighted by atomic mass is 79.9. The summed E-state index contributed by atoms with van der Waals surface area (Å²) in [5.74, 6) is 1.31. The fraction of sp³-hybridized carbons (Fsp3) is 0.500. The Morgan fingerprint density at radius 1 is 1.35 bits per heavy atom. The highest BCUT2D eigenvalue weighted by molar-refractivity contribution is 9.11. The summed E-state index contributed by atoms with van der Waals surface area (Å²) in [5, 5.41) is 0. The molecule has 5 nitrogen and oxygen atoms in total. The van der Waals surface area contributed by atoms with E-state index in [0.717, 1.165) is 15.0 Å². The van der Waals surface area contributed by atoms with Crippen LogP contribution < -0.4 is 10.5 Å². The first-order valence-electron chi connectivity index (χ1n) is 5.28. The lowest BCUT2D eigenvalue weighted by atomic mass is 10.1. The number of hydrogen-bond acceptors (Lipinski definition) is 6. The topological polar surface area (TPSA) is 73.9 Å². The quantitative estimate of drug-likeness (QED) is 0.938. The molecule has 2 heterocycles. The first kappa shape index (κ1) is 12.5. The van der Waals surface area contributed by atoms with Crippen LogP contribution in [-0.2, 0) is 0 Å². The fourth-order valence-electron chi connectivity index (χ4n) is 1.28. The summed E-state index contributed by atoms with van der Waals surface area (Å²) in [4.78, 5) is 12.4. The van der Waals surface area contributed by atoms with Crippen LogP contribution in [0.3, 0.4) is 0 Å². The van der Waals surface area contributed by atoms with Gasteiger partial charge < -0.3 is 10.5 Å². The minimum Gasteiger partial charge on any atom is -0.476 e. The van der Waals surface area contributed by atoms with Crippen molar-refractivity contribution in [1.29, 1.82) is 0 Å². The Morgan fingerprint density at radius 2 is 2.12 bits per heavy atom. The predicted octanol–water partition coefficient (Wildman–Crippen LogP) is 2.86. The molecule has 0 saturated heterocycles. The summed E-state index contributed by atoms with van der Waals surface area (Å²) >= 11 is 4.76. The van der Waals surface area contributed by atoms with Crippen LogP contribution >= 0.6 is 27.3 Å². The average Bonchev–Trinajstić information content (AvgIpc) is 2.57. The van der Waals surface area contributed by atoms with Gasteiger partial charge in [-0.3, -0.25) is 0 Å². The van der Waals surface area contributed by atoms with Crippen molar-refractivity contribution in [3.05, 3.63) is 3.92 Å². The molecule has 0 bridgehead atoms. The van der Waals surface area contributed by atoms with E-state index in [-0.39, 0.29) is 5.95 Å². The van der Waals surface area contributed by atoms with Crippen LogP contribution in [-0.4, -0.2) is 21.6 Å². The molecule has 0 unspecified atom stereocenters. The van der Waals surface area contributed by atoms with Crippen LogP contribution in [0.5, 0.6) is 5.88 Å². The van der Waals surface area contributed by atoms with Gasteiger partial charge >= 0.3 is 0 Å². The second kappa shape index (κ2) is 5.14. The van der Waals surface area contributed by atoms with Crippen LogP contribution in [0.2, 0.25) is 0 Å². The van der Waals surface area contributed by atoms with Crippen LogP contribution in [0.25, 0.3) is 10.3 Å². The van der Waals surface area contributed by atoms with Gasteiger partial charge in [0.1, 0.15) is 4.70 Å². The Bertz CT molecular complexity index is 528. The zero-order valence-corrected chi connectivity index (χ0v) is 12.0. The molecule has 0 atom stereocenters. The molecular weight excluding hydrogens is 304 g/mol. The Labute approximate surface area is 112 Å². The molecule has 0 amide bonds. The predicted molar refractivity (Wildman–Crippen MR) is 72.3 cm³/mol. The molecule has 0 aliphatic heterocycles. The van der Waals surface area contributed by atoms with E-state index in [1.54, 1.807) is 0 Å². The van der Waals surface area contributed by atoms with Crippen molar-refractivity contribution in [3.63, 3.8) is 0 Å². The van der Waals surface area contributed by atoms with E-state index in [4.69, 9.17) is 10.5 Å². The smallest absolute Gasteiger partial charge is 0.238 e. The summed E-state index contributed by atoms with van der Waals surface area (Å²) in [6.45, 7) is 4.92. The van der Waals surface area contributed by atoms with Crippen molar-refractivity contribution < 1.29 is 4.74 Å². The maximum absolute atomic E-state index is 5.64. The lowest BCUT2D eigenvalue weighted by Gasteiger charge is -2.07. The third-order valence-corrected chi connectivity index (χ3v) is 3.63. The Hall–Kier alpha value is -0.950. The highest BCUT2D eigenvalue weighted by Gasteiger charge is 2.12. The van der Waals surface area contributed by atoms with Gasteiger partial charge in [-0.1, -0.05) is 25.2 Å². The second-order valence-corrected chi connectivity index (χ2v) is 6.31. The number of nitrogens with zero attached hydrogens (tertiary/aromatic N) is 3. The number of fused-ring (bicyclic) bond motifs is 1. The van der Waals surface area contributed by atoms with Gasteiger partial charge in [0.05, 0.1) is 6.61 Å². The van der Waals surface area contributed by atoms with Gasteiger partial charge in [-0.05, 0) is 28.3 Å². The molecule has 2 aromatic heterocycles. The van der Waals surface area contributed by atoms with Crippen LogP contribution in [0, 0.1) is 5.92 Å². The number of halogens is 1. The molecule has 2 rings (SSSR count). The Balaban J connectivity index is 2.25. The molecule has 0 aliphatic carbocycles. The van der Waals surface area contributed by atoms with E-state index >= 15 is 0 Å². The van der Waals surface area contributed by atoms with Gasteiger partial charge in [0.25, 0.3) is 0 Å². The number of thiazole rings is 1. The maximum Gasteiger partial charge on any atom is 0.238 e. The molecule has 0 saturated carbocycles. The molecule has 2 aromatic rings. The highest BCUT2D eigenvalue weighted by Crippen LogP contribution is 2.31. The zero-order valence-electron chi connectivity index (χ0n) is 9.61. The number of aromatic nitrogens is 3. The standard InChI is InChI=1S/C10H13BrN4OS/c1-5(2)3-4-16-8-6-7(13-9(11)17-6)14-10(12)15-8/h5H,3-4H2,1-2H3,(H2,12,14,15). The minimum atomic E-state index is 0.190. The molecule has 0 spiro atoms. The van der Waals surface area contributed by atoms with Gasteiger partial charge in [-0.25, -0.2) is 4.98 Å². The largest absolute Gasteiger partial charge is 0.476 e. The molecule has 0 aliphatic rings. The van der Waals surface area contributed by atoms with Crippen LogP contribution in [0.4, 0.5) is 5.95 Å². The molecule has 0 radical (unpaired) electrons. The van der Waals surface area contributed by atoms with Gasteiger partial charge in [0, 0.05) is 0 Å². The van der Waals surface area contributed by atoms with E-state index in [1.807, 2.05) is 0 Å². The van der Waals surface area contributed by atoms with E-state index in [1.165, 1.54) is 11.3 Å². The van der Waals surface area contributed by atoms with Gasteiger partial charge in [0.15, 0.2) is 9.56 Å². The molecule has 17 heavy (non-hydrogen) atoms. The van der Waals surface area contributed by atoms with E-state index < -0.39 is 0 Å². The lowest BCUT2D eigenvalue weighted by molar-refractivity contribution is 0.283. The summed E-state index contributed by atoms with van der Waals surface area (Å²) in [6.07, 6.45) is 0.978. The minimum absolute atomic E-state index is 0.190. The first-order valence-corrected chi connectivity index (χ1v) is 6.89. The fourth-order valence-corrected chi connectivity index (χ4v) is 2.61. The summed E-state index contributed by atoms with van der Waals surface area (Å²) in [5.41, 5.74) is 6.19. The number of hydrogen-bond donors (Lipinski definition) is 1. The van der Waals surface area contributed by atoms with Gasteiger partial charge in [0.2, 0.25) is 11.8 Å². The molecule has 0 aromatic carbocycles. The molecular formula is C10H13BrN4OS. The maximum atomic E-state index is 5.64. The van der Waals surface area contributed by atoms with Crippen LogP contribution in [0.15, 0.2) is 3.92 Å². The van der Waals surface area contributed by atoms with Gasteiger partial charge in [-0.15, -0.1) is 0 Å². The molecule has 92 valence electrons. The van der Waals surface area contributed by atoms with Crippen molar-refractivity contribution in [2.45, 2.75) is 20.3 Å². The Kier molecular flexibility index (Phi) is 3.78. The van der Waals surface area contributed by atoms with E-state index in [9.17, 15) is 0 Å². The van der Waals surface area contributed by atoms with Crippen molar-refractivity contribution >= 4 is 43.6 Å². The number of nitrogens with two attached hydrogens (primary N) is 1. The SMILES string of the molecule is CC(C)CCOc1nc(N)nc2nc(Br)sc12.